The molecule has 2 aliphatic rings. The van der Waals surface area contributed by atoms with E-state index in [1.165, 1.54) is 0 Å². The molecule has 0 aliphatic carbocycles. The first kappa shape index (κ1) is 16.2. The topological polar surface area (TPSA) is 33.7 Å². The van der Waals surface area contributed by atoms with Gasteiger partial charge in [-0.2, -0.15) is 0 Å². The Hall–Kier alpha value is -0.160. The Morgan fingerprint density at radius 1 is 1.20 bits per heavy atom. The fraction of sp³-hybridized carbons (Fsp3) is 1.00. The van der Waals surface area contributed by atoms with E-state index in [9.17, 15) is 0 Å². The van der Waals surface area contributed by atoms with Crippen molar-refractivity contribution in [2.24, 2.45) is 5.92 Å². The van der Waals surface area contributed by atoms with E-state index in [-0.39, 0.29) is 5.60 Å². The Kier molecular flexibility index (Phi) is 5.84. The summed E-state index contributed by atoms with van der Waals surface area (Å²) in [4.78, 5) is 2.28. The summed E-state index contributed by atoms with van der Waals surface area (Å²) in [5.74, 6) is 0.658. The maximum absolute atomic E-state index is 6.13. The molecule has 4 heteroatoms. The molecule has 2 unspecified atom stereocenters. The Balaban J connectivity index is 1.90. The lowest BCUT2D eigenvalue weighted by molar-refractivity contribution is -0.141. The Morgan fingerprint density at radius 3 is 2.50 bits per heavy atom. The Morgan fingerprint density at radius 2 is 1.90 bits per heavy atom. The summed E-state index contributed by atoms with van der Waals surface area (Å²) < 4.78 is 11.6. The number of rotatable bonds is 5. The van der Waals surface area contributed by atoms with Crippen LogP contribution >= 0.6 is 0 Å². The van der Waals surface area contributed by atoms with Crippen LogP contribution in [0.25, 0.3) is 0 Å². The van der Waals surface area contributed by atoms with E-state index in [4.69, 9.17) is 9.47 Å². The molecule has 118 valence electrons. The predicted octanol–water partition coefficient (Wildman–Crippen LogP) is 1.89. The smallest absolute Gasteiger partial charge is 0.0741 e. The third kappa shape index (κ3) is 4.42. The number of nitrogens with one attached hydrogen (secondary N) is 1. The van der Waals surface area contributed by atoms with Crippen LogP contribution in [0.15, 0.2) is 0 Å². The van der Waals surface area contributed by atoms with Crippen LogP contribution in [-0.4, -0.2) is 63.0 Å². The summed E-state index contributed by atoms with van der Waals surface area (Å²) in [5, 5.41) is 3.90. The van der Waals surface area contributed by atoms with Gasteiger partial charge in [-0.15, -0.1) is 0 Å². The normalized spacial score (nSPS) is 28.2. The van der Waals surface area contributed by atoms with Crippen LogP contribution < -0.4 is 5.32 Å². The lowest BCUT2D eigenvalue weighted by Gasteiger charge is -2.44. The molecule has 2 aliphatic heterocycles. The highest BCUT2D eigenvalue weighted by Crippen LogP contribution is 2.34. The quantitative estimate of drug-likeness (QED) is 0.836. The van der Waals surface area contributed by atoms with Crippen molar-refractivity contribution in [2.45, 2.75) is 57.2 Å². The van der Waals surface area contributed by atoms with Crippen LogP contribution in [0.4, 0.5) is 0 Å². The highest BCUT2D eigenvalue weighted by atomic mass is 16.5. The van der Waals surface area contributed by atoms with Crippen LogP contribution in [0.2, 0.25) is 0 Å². The maximum Gasteiger partial charge on any atom is 0.0741 e. The molecule has 1 N–H and O–H groups in total. The second-order valence-corrected chi connectivity index (χ2v) is 7.11. The van der Waals surface area contributed by atoms with Gasteiger partial charge in [-0.1, -0.05) is 13.8 Å². The van der Waals surface area contributed by atoms with Crippen LogP contribution in [0.5, 0.6) is 0 Å². The van der Waals surface area contributed by atoms with Crippen molar-refractivity contribution in [1.29, 1.82) is 0 Å². The van der Waals surface area contributed by atoms with Gasteiger partial charge in [0.05, 0.1) is 5.60 Å². The minimum atomic E-state index is 0.0911. The summed E-state index contributed by atoms with van der Waals surface area (Å²) in [6.07, 6.45) is 4.41. The molecule has 2 rings (SSSR count). The number of hydrogen-bond acceptors (Lipinski definition) is 4. The van der Waals surface area contributed by atoms with Gasteiger partial charge in [0.2, 0.25) is 0 Å². The molecule has 0 aromatic rings. The van der Waals surface area contributed by atoms with Crippen LogP contribution in [-0.2, 0) is 9.47 Å². The van der Waals surface area contributed by atoms with E-state index < -0.39 is 0 Å². The fourth-order valence-corrected chi connectivity index (χ4v) is 3.41. The number of nitrogens with zero attached hydrogens (tertiary/aromatic N) is 1. The van der Waals surface area contributed by atoms with Gasteiger partial charge in [0.15, 0.2) is 0 Å². The van der Waals surface area contributed by atoms with Gasteiger partial charge >= 0.3 is 0 Å². The van der Waals surface area contributed by atoms with Crippen molar-refractivity contribution in [2.75, 3.05) is 40.5 Å². The maximum atomic E-state index is 6.13. The van der Waals surface area contributed by atoms with Crippen LogP contribution in [0.1, 0.15) is 39.5 Å². The van der Waals surface area contributed by atoms with Crippen molar-refractivity contribution < 1.29 is 9.47 Å². The second kappa shape index (κ2) is 7.21. The molecular weight excluding hydrogens is 252 g/mol. The van der Waals surface area contributed by atoms with Crippen LogP contribution in [0.3, 0.4) is 0 Å². The first-order valence-corrected chi connectivity index (χ1v) is 8.13. The molecule has 4 nitrogen and oxygen atoms in total. The summed E-state index contributed by atoms with van der Waals surface area (Å²) >= 11 is 0. The minimum Gasteiger partial charge on any atom is -0.381 e. The van der Waals surface area contributed by atoms with E-state index in [1.807, 2.05) is 0 Å². The van der Waals surface area contributed by atoms with Gasteiger partial charge in [-0.3, -0.25) is 0 Å². The monoisotopic (exact) mass is 284 g/mol. The average molecular weight is 284 g/mol. The molecule has 2 atom stereocenters. The molecule has 0 saturated carbocycles. The second-order valence-electron chi connectivity index (χ2n) is 7.11. The average Bonchev–Trinajstić information content (AvgIpc) is 2.38. The Labute approximate surface area is 124 Å². The minimum absolute atomic E-state index is 0.0911. The molecule has 0 bridgehead atoms. The third-order valence-corrected chi connectivity index (χ3v) is 4.71. The zero-order valence-electron chi connectivity index (χ0n) is 13.7. The van der Waals surface area contributed by atoms with Crippen molar-refractivity contribution in [3.05, 3.63) is 0 Å². The van der Waals surface area contributed by atoms with Gasteiger partial charge in [0.25, 0.3) is 0 Å². The van der Waals surface area contributed by atoms with Gasteiger partial charge in [0.1, 0.15) is 0 Å². The molecule has 2 saturated heterocycles. The largest absolute Gasteiger partial charge is 0.381 e. The zero-order chi connectivity index (χ0) is 14.6. The third-order valence-electron chi connectivity index (χ3n) is 4.71. The summed E-state index contributed by atoms with van der Waals surface area (Å²) in [6.45, 7) is 8.33. The molecule has 0 radical (unpaired) electrons. The number of hydrogen-bond donors (Lipinski definition) is 1. The highest BCUT2D eigenvalue weighted by molar-refractivity contribution is 4.93. The molecule has 20 heavy (non-hydrogen) atoms. The molecule has 0 aromatic heterocycles. The fourth-order valence-electron chi connectivity index (χ4n) is 3.41. The summed E-state index contributed by atoms with van der Waals surface area (Å²) in [7, 11) is 4.31. The first-order valence-electron chi connectivity index (χ1n) is 8.13. The van der Waals surface area contributed by atoms with Crippen molar-refractivity contribution >= 4 is 0 Å². The molecule has 2 heterocycles. The van der Waals surface area contributed by atoms with Crippen molar-refractivity contribution in [1.82, 2.24) is 10.2 Å². The predicted molar refractivity (Wildman–Crippen MR) is 82.1 cm³/mol. The SMILES string of the molecule is CC(C)C(CN(C)C)NC1CCOC2(CCOCC2)C1. The summed E-state index contributed by atoms with van der Waals surface area (Å²) in [6, 6.07) is 1.15. The van der Waals surface area contributed by atoms with E-state index in [2.05, 4.69) is 38.2 Å². The van der Waals surface area contributed by atoms with Crippen molar-refractivity contribution in [3.63, 3.8) is 0 Å². The molecule has 0 amide bonds. The Bertz CT molecular complexity index is 283. The first-order chi connectivity index (χ1) is 9.51. The van der Waals surface area contributed by atoms with Crippen molar-refractivity contribution in [3.8, 4) is 0 Å². The van der Waals surface area contributed by atoms with Gasteiger partial charge in [-0.05, 0) is 45.7 Å². The lowest BCUT2D eigenvalue weighted by atomic mass is 9.83. The van der Waals surface area contributed by atoms with E-state index in [0.29, 0.717) is 18.0 Å². The standard InChI is InChI=1S/C16H32N2O2/c1-13(2)15(12-18(3)4)17-14-5-8-20-16(11-14)6-9-19-10-7-16/h13-15,17H,5-12H2,1-4H3. The number of likely N-dealkylation sites (N-methyl/N-ethyl adjacent to an activating group) is 1. The molecule has 0 aromatic carbocycles. The number of ether oxygens (including phenoxy) is 2. The van der Waals surface area contributed by atoms with E-state index in [0.717, 1.165) is 52.0 Å². The van der Waals surface area contributed by atoms with Crippen LogP contribution in [0, 0.1) is 5.92 Å². The van der Waals surface area contributed by atoms with Gasteiger partial charge in [-0.25, -0.2) is 0 Å². The summed E-state index contributed by atoms with van der Waals surface area (Å²) in [5.41, 5.74) is 0.0911. The molecule has 1 spiro atoms. The lowest BCUT2D eigenvalue weighted by Crippen LogP contribution is -2.54. The van der Waals surface area contributed by atoms with E-state index >= 15 is 0 Å². The molecular formula is C16H32N2O2. The zero-order valence-corrected chi connectivity index (χ0v) is 13.7. The van der Waals surface area contributed by atoms with E-state index in [1.54, 1.807) is 0 Å². The molecule has 2 fully saturated rings. The highest BCUT2D eigenvalue weighted by Gasteiger charge is 2.39. The van der Waals surface area contributed by atoms with Gasteiger partial charge < -0.3 is 19.7 Å². The van der Waals surface area contributed by atoms with Gasteiger partial charge in [0, 0.05) is 38.4 Å².